The second-order valence-corrected chi connectivity index (χ2v) is 4.27. The van der Waals surface area contributed by atoms with Crippen LogP contribution >= 0.6 is 0 Å². The van der Waals surface area contributed by atoms with E-state index in [0.717, 1.165) is 0 Å². The molecule has 6 nitrogen and oxygen atoms in total. The molecular weight excluding hydrogens is 252 g/mol. The van der Waals surface area contributed by atoms with Gasteiger partial charge in [-0.3, -0.25) is 9.59 Å². The van der Waals surface area contributed by atoms with Crippen LogP contribution in [-0.4, -0.2) is 45.9 Å². The van der Waals surface area contributed by atoms with Crippen LogP contribution in [0.25, 0.3) is 0 Å². The Kier molecular flexibility index (Phi) is 5.02. The summed E-state index contributed by atoms with van der Waals surface area (Å²) in [5, 5.41) is 27.0. The van der Waals surface area contributed by atoms with Crippen LogP contribution in [0.15, 0.2) is 24.3 Å². The van der Waals surface area contributed by atoms with Crippen LogP contribution in [-0.2, 0) is 4.79 Å². The van der Waals surface area contributed by atoms with Crippen molar-refractivity contribution in [2.45, 2.75) is 18.9 Å². The lowest BCUT2D eigenvalue weighted by atomic mass is 9.92. The zero-order chi connectivity index (χ0) is 14.5. The summed E-state index contributed by atoms with van der Waals surface area (Å²) in [6.45, 7) is 1.19. The number of aliphatic hydroxyl groups is 2. The lowest BCUT2D eigenvalue weighted by Crippen LogP contribution is -2.37. The Morgan fingerprint density at radius 3 is 2.32 bits per heavy atom. The van der Waals surface area contributed by atoms with E-state index in [1.807, 2.05) is 0 Å². The summed E-state index contributed by atoms with van der Waals surface area (Å²) in [4.78, 5) is 22.5. The first-order valence-corrected chi connectivity index (χ1v) is 5.69. The number of carbonyl (C=O) groups excluding carboxylic acids is 1. The molecule has 0 spiro atoms. The Labute approximate surface area is 110 Å². The highest BCUT2D eigenvalue weighted by atomic mass is 16.5. The zero-order valence-corrected chi connectivity index (χ0v) is 10.5. The van der Waals surface area contributed by atoms with Gasteiger partial charge in [-0.25, -0.2) is 0 Å². The molecule has 0 saturated heterocycles. The predicted octanol–water partition coefficient (Wildman–Crippen LogP) is 0.466. The highest BCUT2D eigenvalue weighted by Gasteiger charge is 2.33. The van der Waals surface area contributed by atoms with Crippen molar-refractivity contribution in [3.63, 3.8) is 0 Å². The van der Waals surface area contributed by atoms with Crippen molar-refractivity contribution in [2.24, 2.45) is 0 Å². The fraction of sp³-hybridized carbons (Fsp3) is 0.385. The van der Waals surface area contributed by atoms with E-state index in [2.05, 4.69) is 0 Å². The molecule has 6 heteroatoms. The summed E-state index contributed by atoms with van der Waals surface area (Å²) in [5.74, 6) is -1.44. The second kappa shape index (κ2) is 6.31. The topological polar surface area (TPSA) is 104 Å². The number of aliphatic hydroxyl groups excluding tert-OH is 1. The maximum absolute atomic E-state index is 11.9. The van der Waals surface area contributed by atoms with Crippen LogP contribution in [0.5, 0.6) is 5.75 Å². The molecule has 19 heavy (non-hydrogen) atoms. The van der Waals surface area contributed by atoms with Crippen LogP contribution in [0.1, 0.15) is 23.7 Å². The van der Waals surface area contributed by atoms with Gasteiger partial charge in [-0.2, -0.15) is 0 Å². The minimum atomic E-state index is -1.95. The Morgan fingerprint density at radius 2 is 1.84 bits per heavy atom. The molecule has 0 saturated carbocycles. The van der Waals surface area contributed by atoms with Crippen LogP contribution in [0, 0.1) is 0 Å². The van der Waals surface area contributed by atoms with Crippen molar-refractivity contribution in [1.82, 2.24) is 0 Å². The zero-order valence-electron chi connectivity index (χ0n) is 10.5. The molecule has 0 amide bonds. The molecule has 1 unspecified atom stereocenters. The van der Waals surface area contributed by atoms with Gasteiger partial charge in [0.1, 0.15) is 18.0 Å². The molecule has 0 fully saturated rings. The minimum absolute atomic E-state index is 0.117. The molecule has 0 aromatic heterocycles. The summed E-state index contributed by atoms with van der Waals surface area (Å²) in [6.07, 6.45) is -0.658. The van der Waals surface area contributed by atoms with Gasteiger partial charge in [0.25, 0.3) is 0 Å². The number of rotatable bonds is 7. The van der Waals surface area contributed by atoms with E-state index in [1.165, 1.54) is 31.2 Å². The molecule has 1 rings (SSSR count). The first kappa shape index (κ1) is 15.1. The number of carbonyl (C=O) groups is 2. The summed E-state index contributed by atoms with van der Waals surface area (Å²) in [5.41, 5.74) is -1.75. The van der Waals surface area contributed by atoms with Gasteiger partial charge in [0.2, 0.25) is 0 Å². The molecule has 0 aliphatic rings. The van der Waals surface area contributed by atoms with Crippen molar-refractivity contribution >= 4 is 11.8 Å². The van der Waals surface area contributed by atoms with E-state index in [1.54, 1.807) is 0 Å². The van der Waals surface area contributed by atoms with Crippen LogP contribution in [0.3, 0.4) is 0 Å². The smallest absolute Gasteiger partial charge is 0.306 e. The molecule has 0 radical (unpaired) electrons. The lowest BCUT2D eigenvalue weighted by molar-refractivity contribution is -0.140. The van der Waals surface area contributed by atoms with Gasteiger partial charge in [0, 0.05) is 5.56 Å². The van der Waals surface area contributed by atoms with Crippen LogP contribution < -0.4 is 4.74 Å². The van der Waals surface area contributed by atoms with E-state index in [9.17, 15) is 14.7 Å². The van der Waals surface area contributed by atoms with E-state index in [-0.39, 0.29) is 18.8 Å². The van der Waals surface area contributed by atoms with Gasteiger partial charge in [-0.1, -0.05) is 0 Å². The molecule has 0 bridgehead atoms. The highest BCUT2D eigenvalue weighted by Crippen LogP contribution is 2.19. The van der Waals surface area contributed by atoms with Gasteiger partial charge in [-0.15, -0.1) is 0 Å². The molecule has 1 atom stereocenters. The Hall–Kier alpha value is -1.92. The fourth-order valence-corrected chi connectivity index (χ4v) is 1.55. The molecule has 3 N–H and O–H groups in total. The number of aliphatic carboxylic acids is 1. The monoisotopic (exact) mass is 268 g/mol. The van der Waals surface area contributed by atoms with Crippen LogP contribution in [0.4, 0.5) is 0 Å². The molecule has 0 aliphatic heterocycles. The highest BCUT2D eigenvalue weighted by molar-refractivity contribution is 6.03. The third-order valence-corrected chi connectivity index (χ3v) is 2.46. The maximum Gasteiger partial charge on any atom is 0.306 e. The number of benzene rings is 1. The van der Waals surface area contributed by atoms with Crippen molar-refractivity contribution in [1.29, 1.82) is 0 Å². The third-order valence-electron chi connectivity index (χ3n) is 2.46. The molecule has 0 heterocycles. The van der Waals surface area contributed by atoms with Gasteiger partial charge >= 0.3 is 5.97 Å². The first-order valence-electron chi connectivity index (χ1n) is 5.69. The van der Waals surface area contributed by atoms with E-state index < -0.39 is 23.8 Å². The van der Waals surface area contributed by atoms with Crippen LogP contribution in [0.2, 0.25) is 0 Å². The standard InChI is InChI=1S/C13H16O6/c1-13(18,8-11(15)16)12(17)9-2-4-10(5-3-9)19-7-6-14/h2-5,14,18H,6-8H2,1H3,(H,15,16). The molecular formula is C13H16O6. The number of Topliss-reactive ketones (excluding diaryl/α,β-unsaturated/α-hetero) is 1. The van der Waals surface area contributed by atoms with Gasteiger partial charge in [0.05, 0.1) is 13.0 Å². The number of hydrogen-bond acceptors (Lipinski definition) is 5. The molecule has 1 aromatic rings. The SMILES string of the molecule is CC(O)(CC(=O)O)C(=O)c1ccc(OCCO)cc1. The van der Waals surface area contributed by atoms with Gasteiger partial charge in [0.15, 0.2) is 5.78 Å². The van der Waals surface area contributed by atoms with Gasteiger partial charge in [-0.05, 0) is 31.2 Å². The number of carboxylic acids is 1. The molecule has 104 valence electrons. The van der Waals surface area contributed by atoms with Crippen molar-refractivity contribution in [3.05, 3.63) is 29.8 Å². The fourth-order valence-electron chi connectivity index (χ4n) is 1.55. The average Bonchev–Trinajstić information content (AvgIpc) is 2.34. The first-order chi connectivity index (χ1) is 8.86. The predicted molar refractivity (Wildman–Crippen MR) is 66.2 cm³/mol. The third kappa shape index (κ3) is 4.35. The average molecular weight is 268 g/mol. The van der Waals surface area contributed by atoms with E-state index >= 15 is 0 Å². The Balaban J connectivity index is 2.80. The minimum Gasteiger partial charge on any atom is -0.491 e. The van der Waals surface area contributed by atoms with Crippen molar-refractivity contribution in [3.8, 4) is 5.75 Å². The summed E-state index contributed by atoms with van der Waals surface area (Å²) < 4.78 is 5.12. The maximum atomic E-state index is 11.9. The number of ether oxygens (including phenoxy) is 1. The number of ketones is 1. The summed E-state index contributed by atoms with van der Waals surface area (Å²) in [7, 11) is 0. The quantitative estimate of drug-likeness (QED) is 0.621. The van der Waals surface area contributed by atoms with E-state index in [4.69, 9.17) is 14.9 Å². The summed E-state index contributed by atoms with van der Waals surface area (Å²) in [6, 6.07) is 5.90. The molecule has 0 aliphatic carbocycles. The van der Waals surface area contributed by atoms with Crippen molar-refractivity contribution < 1.29 is 29.6 Å². The Morgan fingerprint density at radius 1 is 1.26 bits per heavy atom. The number of carboxylic acid groups (broad SMARTS) is 1. The summed E-state index contributed by atoms with van der Waals surface area (Å²) >= 11 is 0. The molecule has 1 aromatic carbocycles. The Bertz CT molecular complexity index is 449. The van der Waals surface area contributed by atoms with Gasteiger partial charge < -0.3 is 20.1 Å². The lowest BCUT2D eigenvalue weighted by Gasteiger charge is -2.19. The van der Waals surface area contributed by atoms with E-state index in [0.29, 0.717) is 5.75 Å². The largest absolute Gasteiger partial charge is 0.491 e. The normalized spacial score (nSPS) is 13.6. The van der Waals surface area contributed by atoms with Crippen molar-refractivity contribution in [2.75, 3.05) is 13.2 Å². The number of hydrogen-bond donors (Lipinski definition) is 3. The second-order valence-electron chi connectivity index (χ2n) is 4.27.